The molecule has 2 aliphatic heterocycles. The van der Waals surface area contributed by atoms with Gasteiger partial charge in [0.2, 0.25) is 12.1 Å². The van der Waals surface area contributed by atoms with Crippen LogP contribution in [-0.2, 0) is 19.2 Å². The molecule has 2 aliphatic rings. The van der Waals surface area contributed by atoms with Crippen molar-refractivity contribution < 1.29 is 59.8 Å². The van der Waals surface area contributed by atoms with Crippen LogP contribution in [0.25, 0.3) is 0 Å². The van der Waals surface area contributed by atoms with Gasteiger partial charge in [0, 0.05) is 0 Å². The first-order chi connectivity index (χ1) is 9.38. The molecule has 0 atom stereocenters. The Labute approximate surface area is 139 Å². The van der Waals surface area contributed by atoms with Crippen LogP contribution in [0.2, 0.25) is 0 Å². The second kappa shape index (κ2) is 6.51. The van der Waals surface area contributed by atoms with Gasteiger partial charge in [0.25, 0.3) is 23.6 Å². The molecule has 0 aromatic rings. The summed E-state index contributed by atoms with van der Waals surface area (Å²) >= 11 is 0. The molecule has 13 heteroatoms. The zero-order valence-corrected chi connectivity index (χ0v) is 12.5. The number of azo groups is 1. The Hall–Kier alpha value is -2.18. The third kappa shape index (κ3) is 3.68. The zero-order chi connectivity index (χ0) is 14.9. The molecule has 2 rings (SSSR count). The van der Waals surface area contributed by atoms with E-state index in [1.54, 1.807) is 21.3 Å². The van der Waals surface area contributed by atoms with E-state index in [-0.39, 0.29) is 31.0 Å². The Morgan fingerprint density at radius 3 is 1.10 bits per heavy atom. The van der Waals surface area contributed by atoms with E-state index < -0.39 is 47.8 Å². The van der Waals surface area contributed by atoms with Crippen LogP contribution in [0.3, 0.4) is 0 Å². The van der Waals surface area contributed by atoms with E-state index in [9.17, 15) is 28.8 Å². The molecule has 106 valence electrons. The van der Waals surface area contributed by atoms with E-state index in [1.807, 2.05) is 0 Å². The summed E-state index contributed by atoms with van der Waals surface area (Å²) in [5.74, 6) is -4.18. The number of carbonyl (C=O) groups excluding carboxylic acids is 6. The normalized spacial score (nSPS) is 20.6. The fourth-order valence-electron chi connectivity index (χ4n) is 1.36. The van der Waals surface area contributed by atoms with Gasteiger partial charge in [-0.15, -0.1) is 0 Å². The fourth-order valence-corrected chi connectivity index (χ4v) is 1.36. The molecular formula is C8H7N6NaO6. The van der Waals surface area contributed by atoms with Crippen LogP contribution in [0.15, 0.2) is 10.2 Å². The van der Waals surface area contributed by atoms with Gasteiger partial charge in [-0.25, -0.2) is 9.59 Å². The number of hydrogen-bond donors (Lipinski definition) is 4. The van der Waals surface area contributed by atoms with Crippen molar-refractivity contribution in [2.75, 3.05) is 0 Å². The van der Waals surface area contributed by atoms with Crippen molar-refractivity contribution >= 4 is 35.7 Å². The Bertz CT molecular complexity index is 504. The maximum atomic E-state index is 11.3. The number of nitrogens with one attached hydrogen (secondary N) is 4. The molecule has 0 aromatic carbocycles. The predicted octanol–water partition coefficient (Wildman–Crippen LogP) is -5.98. The van der Waals surface area contributed by atoms with Crippen molar-refractivity contribution in [2.45, 2.75) is 12.1 Å². The minimum absolute atomic E-state index is 0. The van der Waals surface area contributed by atoms with Crippen LogP contribution < -0.4 is 50.8 Å². The maximum Gasteiger partial charge on any atom is 1.00 e. The SMILES string of the molecule is O=C1NC(=O)C(N=NC2C(=O)NC(=O)NC2=O)C(=O)N1.[H-].[Na+]. The number of imide groups is 4. The van der Waals surface area contributed by atoms with E-state index in [0.29, 0.717) is 0 Å². The van der Waals surface area contributed by atoms with Gasteiger partial charge < -0.3 is 1.43 Å². The van der Waals surface area contributed by atoms with Crippen molar-refractivity contribution in [1.82, 2.24) is 21.3 Å². The second-order valence-corrected chi connectivity index (χ2v) is 3.65. The molecule has 0 saturated carbocycles. The van der Waals surface area contributed by atoms with Crippen molar-refractivity contribution in [3.05, 3.63) is 0 Å². The molecule has 4 N–H and O–H groups in total. The van der Waals surface area contributed by atoms with Crippen LogP contribution in [0.1, 0.15) is 1.43 Å². The third-order valence-electron chi connectivity index (χ3n) is 2.24. The first-order valence-electron chi connectivity index (χ1n) is 5.10. The quantitative estimate of drug-likeness (QED) is 0.224. The monoisotopic (exact) mass is 306 g/mol. The fraction of sp³-hybridized carbons (Fsp3) is 0.250. The Kier molecular flexibility index (Phi) is 5.23. The molecule has 8 amide bonds. The van der Waals surface area contributed by atoms with Crippen LogP contribution in [0.4, 0.5) is 9.59 Å². The molecule has 0 bridgehead atoms. The molecule has 0 spiro atoms. The molecule has 12 nitrogen and oxygen atoms in total. The number of hydrogen-bond acceptors (Lipinski definition) is 8. The summed E-state index contributed by atoms with van der Waals surface area (Å²) in [5, 5.41) is 13.5. The molecule has 2 heterocycles. The summed E-state index contributed by atoms with van der Waals surface area (Å²) in [6, 6.07) is -5.42. The first-order valence-corrected chi connectivity index (χ1v) is 5.10. The number of barbiturate groups is 2. The van der Waals surface area contributed by atoms with Crippen molar-refractivity contribution in [3.63, 3.8) is 0 Å². The largest absolute Gasteiger partial charge is 1.00 e. The average molecular weight is 306 g/mol. The van der Waals surface area contributed by atoms with Gasteiger partial charge in [-0.1, -0.05) is 0 Å². The van der Waals surface area contributed by atoms with Gasteiger partial charge in [0.1, 0.15) is 0 Å². The minimum atomic E-state index is -1.70. The van der Waals surface area contributed by atoms with Crippen LogP contribution in [0, 0.1) is 0 Å². The Morgan fingerprint density at radius 1 is 0.619 bits per heavy atom. The number of carbonyl (C=O) groups is 6. The van der Waals surface area contributed by atoms with Crippen molar-refractivity contribution in [2.24, 2.45) is 10.2 Å². The molecule has 0 aromatic heterocycles. The maximum absolute atomic E-state index is 11.3. The van der Waals surface area contributed by atoms with Gasteiger partial charge in [0.15, 0.2) is 0 Å². The molecule has 0 unspecified atom stereocenters. The van der Waals surface area contributed by atoms with Gasteiger partial charge >= 0.3 is 41.6 Å². The molecular weight excluding hydrogens is 299 g/mol. The molecule has 0 aliphatic carbocycles. The second-order valence-electron chi connectivity index (χ2n) is 3.65. The summed E-state index contributed by atoms with van der Waals surface area (Å²) in [6.45, 7) is 0. The third-order valence-corrected chi connectivity index (χ3v) is 2.24. The van der Waals surface area contributed by atoms with E-state index in [1.165, 1.54) is 0 Å². The van der Waals surface area contributed by atoms with Crippen LogP contribution >= 0.6 is 0 Å². The summed E-state index contributed by atoms with van der Waals surface area (Å²) in [5.41, 5.74) is 0. The van der Waals surface area contributed by atoms with Crippen molar-refractivity contribution in [3.8, 4) is 0 Å². The minimum Gasteiger partial charge on any atom is -1.00 e. The van der Waals surface area contributed by atoms with E-state index in [2.05, 4.69) is 10.2 Å². The summed E-state index contributed by atoms with van der Waals surface area (Å²) in [6.07, 6.45) is 0. The molecule has 2 fully saturated rings. The number of amides is 8. The van der Waals surface area contributed by atoms with Gasteiger partial charge in [-0.3, -0.25) is 40.4 Å². The summed E-state index contributed by atoms with van der Waals surface area (Å²) in [7, 11) is 0. The zero-order valence-electron chi connectivity index (χ0n) is 11.5. The van der Waals surface area contributed by atoms with Crippen molar-refractivity contribution in [1.29, 1.82) is 0 Å². The molecule has 2 saturated heterocycles. The predicted molar refractivity (Wildman–Crippen MR) is 56.9 cm³/mol. The smallest absolute Gasteiger partial charge is 1.00 e. The topological polar surface area (TPSA) is 175 Å². The van der Waals surface area contributed by atoms with Crippen LogP contribution in [-0.4, -0.2) is 47.8 Å². The molecule has 21 heavy (non-hydrogen) atoms. The van der Waals surface area contributed by atoms with E-state index in [4.69, 9.17) is 0 Å². The number of nitrogens with zero attached hydrogens (tertiary/aromatic N) is 2. The van der Waals surface area contributed by atoms with Gasteiger partial charge in [0.05, 0.1) is 0 Å². The summed E-state index contributed by atoms with van der Waals surface area (Å²) in [4.78, 5) is 66.8. The van der Waals surface area contributed by atoms with E-state index in [0.717, 1.165) is 0 Å². The average Bonchev–Trinajstić information content (AvgIpc) is 2.30. The van der Waals surface area contributed by atoms with Gasteiger partial charge in [-0.2, -0.15) is 10.2 Å². The number of rotatable bonds is 2. The van der Waals surface area contributed by atoms with E-state index >= 15 is 0 Å². The Balaban J connectivity index is 0.00000220. The summed E-state index contributed by atoms with van der Waals surface area (Å²) < 4.78 is 0. The standard InChI is InChI=1S/C8H6N6O6.Na.H/c15-3-1(4(16)10-7(19)9-3)13-14-2-5(17)11-8(20)12-6(2)18;;/h1-2H,(H2,9,10,15,16,19)(H2,11,12,17,18,20);;/q;+1;-1. The van der Waals surface area contributed by atoms with Gasteiger partial charge in [-0.05, 0) is 0 Å². The molecule has 0 radical (unpaired) electrons. The first kappa shape index (κ1) is 16.9. The van der Waals surface area contributed by atoms with Crippen LogP contribution in [0.5, 0.6) is 0 Å². The number of urea groups is 2. The Morgan fingerprint density at radius 2 is 0.857 bits per heavy atom.